The molecule has 2 amide bonds. The Bertz CT molecular complexity index is 1020. The molecule has 34 heavy (non-hydrogen) atoms. The van der Waals surface area contributed by atoms with Gasteiger partial charge in [-0.3, -0.25) is 0 Å². The van der Waals surface area contributed by atoms with Gasteiger partial charge in [0.1, 0.15) is 12.2 Å². The number of piperidine rings is 1. The van der Waals surface area contributed by atoms with Gasteiger partial charge in [0.2, 0.25) is 0 Å². The molecule has 2 atom stereocenters. The maximum Gasteiger partial charge on any atom is 0.410 e. The van der Waals surface area contributed by atoms with Gasteiger partial charge in [0.05, 0.1) is 0 Å². The molecule has 2 bridgehead atoms. The molecule has 2 aliphatic heterocycles. The van der Waals surface area contributed by atoms with Crippen molar-refractivity contribution < 1.29 is 19.1 Å². The van der Waals surface area contributed by atoms with Gasteiger partial charge in [-0.2, -0.15) is 0 Å². The van der Waals surface area contributed by atoms with Crippen molar-refractivity contribution in [1.82, 2.24) is 10.2 Å². The number of rotatable bonds is 4. The van der Waals surface area contributed by atoms with Crippen LogP contribution in [0.15, 0.2) is 48.5 Å². The fourth-order valence-corrected chi connectivity index (χ4v) is 5.96. The number of fused-ring (bicyclic) bond motifs is 5. The van der Waals surface area contributed by atoms with E-state index in [0.717, 1.165) is 25.7 Å². The predicted molar refractivity (Wildman–Crippen MR) is 131 cm³/mol. The summed E-state index contributed by atoms with van der Waals surface area (Å²) in [6.07, 6.45) is 3.19. The molecule has 6 heteroatoms. The van der Waals surface area contributed by atoms with E-state index in [1.54, 1.807) is 0 Å². The molecular formula is C28H34N2O4. The molecule has 0 aromatic heterocycles. The highest BCUT2D eigenvalue weighted by Gasteiger charge is 2.44. The van der Waals surface area contributed by atoms with Crippen LogP contribution in [0.3, 0.4) is 0 Å². The highest BCUT2D eigenvalue weighted by molar-refractivity contribution is 5.79. The van der Waals surface area contributed by atoms with E-state index in [0.29, 0.717) is 19.1 Å². The van der Waals surface area contributed by atoms with Crippen LogP contribution in [0.4, 0.5) is 9.59 Å². The van der Waals surface area contributed by atoms with Gasteiger partial charge >= 0.3 is 12.2 Å². The van der Waals surface area contributed by atoms with Gasteiger partial charge < -0.3 is 19.7 Å². The van der Waals surface area contributed by atoms with Gasteiger partial charge in [-0.1, -0.05) is 48.5 Å². The maximum absolute atomic E-state index is 13.2. The molecular weight excluding hydrogens is 428 g/mol. The summed E-state index contributed by atoms with van der Waals surface area (Å²) in [5.74, 6) is 0.423. The molecule has 0 radical (unpaired) electrons. The first kappa shape index (κ1) is 22.8. The van der Waals surface area contributed by atoms with Crippen LogP contribution in [0.25, 0.3) is 11.1 Å². The normalized spacial score (nSPS) is 23.3. The van der Waals surface area contributed by atoms with Gasteiger partial charge in [0.15, 0.2) is 0 Å². The number of ether oxygens (including phenoxy) is 2. The molecule has 5 rings (SSSR count). The number of hydrogen-bond donors (Lipinski definition) is 1. The molecule has 2 saturated heterocycles. The first-order valence-electron chi connectivity index (χ1n) is 12.4. The van der Waals surface area contributed by atoms with E-state index in [4.69, 9.17) is 9.47 Å². The molecule has 180 valence electrons. The van der Waals surface area contributed by atoms with Crippen LogP contribution in [0.5, 0.6) is 0 Å². The van der Waals surface area contributed by atoms with Crippen molar-refractivity contribution in [3.63, 3.8) is 0 Å². The Hall–Kier alpha value is -3.02. The lowest BCUT2D eigenvalue weighted by Gasteiger charge is -2.38. The average molecular weight is 463 g/mol. The first-order chi connectivity index (χ1) is 16.3. The van der Waals surface area contributed by atoms with E-state index in [1.165, 1.54) is 22.3 Å². The van der Waals surface area contributed by atoms with Gasteiger partial charge in [0, 0.05) is 24.5 Å². The minimum atomic E-state index is -0.503. The standard InChI is InChI=1S/C28H34N2O4/c1-28(2,3)34-26(31)29-16-18-14-19-12-13-20(15-18)30(19)27(32)33-17-25-23-10-6-4-8-21(23)22-9-5-7-11-24(22)25/h4-11,18-20,25H,12-17H2,1-3H3,(H,29,31). The minimum absolute atomic E-state index is 0.0737. The summed E-state index contributed by atoms with van der Waals surface area (Å²) >= 11 is 0. The average Bonchev–Trinajstić information content (AvgIpc) is 3.26. The lowest BCUT2D eigenvalue weighted by Crippen LogP contribution is -2.49. The third-order valence-electron chi connectivity index (χ3n) is 7.31. The van der Waals surface area contributed by atoms with E-state index in [2.05, 4.69) is 53.8 Å². The van der Waals surface area contributed by atoms with Gasteiger partial charge in [-0.25, -0.2) is 9.59 Å². The SMILES string of the molecule is CC(C)(C)OC(=O)NCC1CC2CCC(C1)N2C(=O)OCC1c2ccccc2-c2ccccc21. The fourth-order valence-electron chi connectivity index (χ4n) is 5.96. The van der Waals surface area contributed by atoms with Crippen LogP contribution in [-0.4, -0.2) is 47.9 Å². The number of nitrogens with zero attached hydrogens (tertiary/aromatic N) is 1. The van der Waals surface area contributed by atoms with Crippen molar-refractivity contribution in [3.05, 3.63) is 59.7 Å². The first-order valence-corrected chi connectivity index (χ1v) is 12.4. The second-order valence-corrected chi connectivity index (χ2v) is 10.8. The number of hydrogen-bond acceptors (Lipinski definition) is 4. The Morgan fingerprint density at radius 1 is 0.941 bits per heavy atom. The van der Waals surface area contributed by atoms with Crippen molar-refractivity contribution in [2.75, 3.05) is 13.2 Å². The van der Waals surface area contributed by atoms with Crippen LogP contribution >= 0.6 is 0 Å². The lowest BCUT2D eigenvalue weighted by atomic mass is 9.91. The summed E-state index contributed by atoms with van der Waals surface area (Å²) in [7, 11) is 0. The minimum Gasteiger partial charge on any atom is -0.448 e. The Balaban J connectivity index is 1.18. The zero-order valence-corrected chi connectivity index (χ0v) is 20.3. The monoisotopic (exact) mass is 462 g/mol. The van der Waals surface area contributed by atoms with Crippen LogP contribution in [0.1, 0.15) is 63.5 Å². The van der Waals surface area contributed by atoms with E-state index in [1.807, 2.05) is 25.7 Å². The molecule has 1 N–H and O–H groups in total. The number of carbonyl (C=O) groups excluding carboxylic acids is 2. The molecule has 0 spiro atoms. The second-order valence-electron chi connectivity index (χ2n) is 10.8. The molecule has 6 nitrogen and oxygen atoms in total. The highest BCUT2D eigenvalue weighted by Crippen LogP contribution is 2.45. The topological polar surface area (TPSA) is 67.9 Å². The van der Waals surface area contributed by atoms with Crippen molar-refractivity contribution in [3.8, 4) is 11.1 Å². The molecule has 2 aromatic rings. The molecule has 2 aromatic carbocycles. The highest BCUT2D eigenvalue weighted by atomic mass is 16.6. The van der Waals surface area contributed by atoms with Crippen molar-refractivity contribution in [2.24, 2.45) is 5.92 Å². The summed E-state index contributed by atoms with van der Waals surface area (Å²) in [4.78, 5) is 27.2. The lowest BCUT2D eigenvalue weighted by molar-refractivity contribution is 0.0444. The maximum atomic E-state index is 13.2. The van der Waals surface area contributed by atoms with Gasteiger partial charge in [-0.05, 0) is 74.6 Å². The van der Waals surface area contributed by atoms with E-state index in [-0.39, 0.29) is 30.2 Å². The Morgan fingerprint density at radius 3 is 2.06 bits per heavy atom. The Kier molecular flexibility index (Phi) is 6.00. The van der Waals surface area contributed by atoms with E-state index in [9.17, 15) is 9.59 Å². The third kappa shape index (κ3) is 4.50. The number of carbonyl (C=O) groups is 2. The molecule has 0 saturated carbocycles. The number of benzene rings is 2. The number of nitrogens with one attached hydrogen (secondary N) is 1. The molecule has 3 aliphatic rings. The predicted octanol–water partition coefficient (Wildman–Crippen LogP) is 5.70. The van der Waals surface area contributed by atoms with Crippen molar-refractivity contribution >= 4 is 12.2 Å². The van der Waals surface area contributed by atoms with E-state index < -0.39 is 5.60 Å². The smallest absolute Gasteiger partial charge is 0.410 e. The third-order valence-corrected chi connectivity index (χ3v) is 7.31. The number of alkyl carbamates (subject to hydrolysis) is 1. The molecule has 2 fully saturated rings. The molecule has 2 unspecified atom stereocenters. The molecule has 2 heterocycles. The number of amides is 2. The summed E-state index contributed by atoms with van der Waals surface area (Å²) in [5, 5.41) is 2.91. The quantitative estimate of drug-likeness (QED) is 0.633. The van der Waals surface area contributed by atoms with Crippen LogP contribution in [0.2, 0.25) is 0 Å². The molecule has 1 aliphatic carbocycles. The van der Waals surface area contributed by atoms with Crippen molar-refractivity contribution in [2.45, 2.75) is 70.1 Å². The Morgan fingerprint density at radius 2 is 1.50 bits per heavy atom. The zero-order valence-electron chi connectivity index (χ0n) is 20.3. The van der Waals surface area contributed by atoms with Crippen LogP contribution in [-0.2, 0) is 9.47 Å². The Labute approximate surface area is 201 Å². The van der Waals surface area contributed by atoms with Gasteiger partial charge in [0.25, 0.3) is 0 Å². The summed E-state index contributed by atoms with van der Waals surface area (Å²) < 4.78 is 11.3. The van der Waals surface area contributed by atoms with E-state index >= 15 is 0 Å². The van der Waals surface area contributed by atoms with Crippen LogP contribution < -0.4 is 5.32 Å². The van der Waals surface area contributed by atoms with Crippen molar-refractivity contribution in [1.29, 1.82) is 0 Å². The van der Waals surface area contributed by atoms with Crippen LogP contribution in [0, 0.1) is 5.92 Å². The largest absolute Gasteiger partial charge is 0.448 e. The summed E-state index contributed by atoms with van der Waals surface area (Å²) in [6.45, 7) is 6.52. The fraction of sp³-hybridized carbons (Fsp3) is 0.500. The summed E-state index contributed by atoms with van der Waals surface area (Å²) in [6, 6.07) is 17.2. The van der Waals surface area contributed by atoms with Gasteiger partial charge in [-0.15, -0.1) is 0 Å². The summed E-state index contributed by atoms with van der Waals surface area (Å²) in [5.41, 5.74) is 4.42. The zero-order chi connectivity index (χ0) is 23.9. The second kappa shape index (κ2) is 8.97.